The quantitative estimate of drug-likeness (QED) is 0.847. The van der Waals surface area contributed by atoms with E-state index in [-0.39, 0.29) is 0 Å². The molecule has 1 aromatic heterocycles. The van der Waals surface area contributed by atoms with Crippen LogP contribution in [0.4, 0.5) is 5.82 Å². The number of nitrogens with zero attached hydrogens (tertiary/aromatic N) is 2. The third-order valence-electron chi connectivity index (χ3n) is 3.95. The van der Waals surface area contributed by atoms with Gasteiger partial charge in [-0.3, -0.25) is 4.90 Å². The zero-order chi connectivity index (χ0) is 14.4. The molecule has 0 radical (unpaired) electrons. The average Bonchev–Trinajstić information content (AvgIpc) is 2.45. The van der Waals surface area contributed by atoms with Gasteiger partial charge in [-0.05, 0) is 37.8 Å². The predicted octanol–water partition coefficient (Wildman–Crippen LogP) is 4.09. The highest BCUT2D eigenvalue weighted by molar-refractivity contribution is 5.45. The molecule has 0 saturated carbocycles. The fraction of sp³-hybridized carbons (Fsp3) is 0.706. The van der Waals surface area contributed by atoms with Crippen molar-refractivity contribution in [2.24, 2.45) is 5.92 Å². The van der Waals surface area contributed by atoms with Gasteiger partial charge in [0.2, 0.25) is 0 Å². The second kappa shape index (κ2) is 7.63. The lowest BCUT2D eigenvalue weighted by atomic mass is 9.94. The summed E-state index contributed by atoms with van der Waals surface area (Å²) < 4.78 is 0. The summed E-state index contributed by atoms with van der Waals surface area (Å²) in [6.45, 7) is 10.2. The summed E-state index contributed by atoms with van der Waals surface area (Å²) in [6.07, 6.45) is 6.97. The molecule has 2 heterocycles. The Hall–Kier alpha value is -1.09. The Labute approximate surface area is 123 Å². The molecular weight excluding hydrogens is 246 g/mol. The maximum absolute atomic E-state index is 4.57. The van der Waals surface area contributed by atoms with E-state index in [9.17, 15) is 0 Å². The Kier molecular flexibility index (Phi) is 5.84. The van der Waals surface area contributed by atoms with E-state index in [4.69, 9.17) is 0 Å². The summed E-state index contributed by atoms with van der Waals surface area (Å²) in [7, 11) is 0. The molecule has 1 saturated heterocycles. The maximum atomic E-state index is 4.57. The second-order valence-electron chi connectivity index (χ2n) is 6.27. The third-order valence-corrected chi connectivity index (χ3v) is 3.95. The number of rotatable bonds is 6. The van der Waals surface area contributed by atoms with E-state index in [0.29, 0.717) is 6.04 Å². The maximum Gasteiger partial charge on any atom is 0.130 e. The number of hydrogen-bond donors (Lipinski definition) is 1. The third kappa shape index (κ3) is 3.95. The minimum Gasteiger partial charge on any atom is -0.370 e. The van der Waals surface area contributed by atoms with Gasteiger partial charge in [0.05, 0.1) is 0 Å². The zero-order valence-electron chi connectivity index (χ0n) is 13.2. The van der Waals surface area contributed by atoms with Crippen molar-refractivity contribution in [3.8, 4) is 0 Å². The summed E-state index contributed by atoms with van der Waals surface area (Å²) in [5.74, 6) is 1.81. The Bertz CT molecular complexity index is 403. The van der Waals surface area contributed by atoms with Crippen molar-refractivity contribution in [1.29, 1.82) is 0 Å². The summed E-state index contributed by atoms with van der Waals surface area (Å²) in [5.41, 5.74) is 1.39. The molecule has 0 unspecified atom stereocenters. The summed E-state index contributed by atoms with van der Waals surface area (Å²) in [4.78, 5) is 7.22. The van der Waals surface area contributed by atoms with Crippen molar-refractivity contribution in [1.82, 2.24) is 9.88 Å². The lowest BCUT2D eigenvalue weighted by Gasteiger charge is -2.37. The van der Waals surface area contributed by atoms with Crippen LogP contribution in [-0.4, -0.2) is 29.5 Å². The van der Waals surface area contributed by atoms with Crippen LogP contribution in [0, 0.1) is 5.92 Å². The number of hydrogen-bond acceptors (Lipinski definition) is 3. The molecule has 1 N–H and O–H groups in total. The van der Waals surface area contributed by atoms with Crippen LogP contribution in [-0.2, 0) is 0 Å². The molecule has 0 aliphatic carbocycles. The van der Waals surface area contributed by atoms with E-state index < -0.39 is 0 Å². The molecular formula is C17H29N3. The van der Waals surface area contributed by atoms with Crippen molar-refractivity contribution < 1.29 is 0 Å². The molecule has 1 aliphatic rings. The van der Waals surface area contributed by atoms with Gasteiger partial charge in [-0.25, -0.2) is 4.98 Å². The van der Waals surface area contributed by atoms with Gasteiger partial charge in [0.15, 0.2) is 0 Å². The first-order chi connectivity index (χ1) is 9.72. The minimum atomic E-state index is 0.541. The summed E-state index contributed by atoms with van der Waals surface area (Å²) >= 11 is 0. The van der Waals surface area contributed by atoms with E-state index in [1.807, 2.05) is 6.20 Å². The van der Waals surface area contributed by atoms with Crippen LogP contribution in [0.1, 0.15) is 58.1 Å². The van der Waals surface area contributed by atoms with Crippen molar-refractivity contribution in [3.05, 3.63) is 23.9 Å². The Balaban J connectivity index is 2.18. The standard InChI is InChI=1S/C17H29N3/c1-4-10-18-17-15(8-7-11-19-17)16-9-5-6-12-20(16)13-14(2)3/h7-8,11,14,16H,4-6,9-10,12-13H2,1-3H3,(H,18,19)/t16-/m0/s1. The lowest BCUT2D eigenvalue weighted by Crippen LogP contribution is -2.36. The zero-order valence-corrected chi connectivity index (χ0v) is 13.2. The fourth-order valence-corrected chi connectivity index (χ4v) is 3.11. The van der Waals surface area contributed by atoms with Crippen molar-refractivity contribution in [2.45, 2.75) is 52.5 Å². The van der Waals surface area contributed by atoms with Gasteiger partial charge in [-0.1, -0.05) is 33.3 Å². The number of piperidine rings is 1. The molecule has 1 atom stereocenters. The van der Waals surface area contributed by atoms with Gasteiger partial charge in [-0.2, -0.15) is 0 Å². The normalized spacial score (nSPS) is 20.3. The Morgan fingerprint density at radius 3 is 3.00 bits per heavy atom. The van der Waals surface area contributed by atoms with Gasteiger partial charge in [-0.15, -0.1) is 0 Å². The first-order valence-corrected chi connectivity index (χ1v) is 8.15. The first-order valence-electron chi connectivity index (χ1n) is 8.15. The molecule has 3 heteroatoms. The van der Waals surface area contributed by atoms with Crippen LogP contribution in [0.2, 0.25) is 0 Å². The highest BCUT2D eigenvalue weighted by Gasteiger charge is 2.26. The number of pyridine rings is 1. The van der Waals surface area contributed by atoms with E-state index >= 15 is 0 Å². The van der Waals surface area contributed by atoms with E-state index in [2.05, 4.69) is 48.1 Å². The molecule has 112 valence electrons. The van der Waals surface area contributed by atoms with Crippen molar-refractivity contribution in [2.75, 3.05) is 25.0 Å². The van der Waals surface area contributed by atoms with Gasteiger partial charge in [0.1, 0.15) is 5.82 Å². The van der Waals surface area contributed by atoms with E-state index in [1.54, 1.807) is 0 Å². The van der Waals surface area contributed by atoms with E-state index in [0.717, 1.165) is 24.7 Å². The molecule has 20 heavy (non-hydrogen) atoms. The number of aromatic nitrogens is 1. The minimum absolute atomic E-state index is 0.541. The molecule has 1 fully saturated rings. The highest BCUT2D eigenvalue weighted by Crippen LogP contribution is 2.34. The second-order valence-corrected chi connectivity index (χ2v) is 6.27. The number of likely N-dealkylation sites (tertiary alicyclic amines) is 1. The molecule has 0 spiro atoms. The molecule has 1 aliphatic heterocycles. The Morgan fingerprint density at radius 1 is 1.40 bits per heavy atom. The monoisotopic (exact) mass is 275 g/mol. The topological polar surface area (TPSA) is 28.2 Å². The van der Waals surface area contributed by atoms with Crippen molar-refractivity contribution >= 4 is 5.82 Å². The van der Waals surface area contributed by atoms with Crippen LogP contribution in [0.15, 0.2) is 18.3 Å². The summed E-state index contributed by atoms with van der Waals surface area (Å²) in [5, 5.41) is 3.50. The highest BCUT2D eigenvalue weighted by atomic mass is 15.2. The lowest BCUT2D eigenvalue weighted by molar-refractivity contribution is 0.132. The van der Waals surface area contributed by atoms with Crippen molar-refractivity contribution in [3.63, 3.8) is 0 Å². The molecule has 2 rings (SSSR count). The van der Waals surface area contributed by atoms with E-state index in [1.165, 1.54) is 37.9 Å². The van der Waals surface area contributed by atoms with Crippen LogP contribution >= 0.6 is 0 Å². The van der Waals surface area contributed by atoms with Crippen LogP contribution in [0.5, 0.6) is 0 Å². The van der Waals surface area contributed by atoms with Gasteiger partial charge >= 0.3 is 0 Å². The molecule has 0 aromatic carbocycles. The summed E-state index contributed by atoms with van der Waals surface area (Å²) in [6, 6.07) is 4.88. The Morgan fingerprint density at radius 2 is 2.25 bits per heavy atom. The SMILES string of the molecule is CCCNc1ncccc1[C@@H]1CCCCN1CC(C)C. The van der Waals surface area contributed by atoms with Crippen LogP contribution in [0.25, 0.3) is 0 Å². The molecule has 3 nitrogen and oxygen atoms in total. The van der Waals surface area contributed by atoms with Gasteiger partial charge < -0.3 is 5.32 Å². The smallest absolute Gasteiger partial charge is 0.130 e. The molecule has 0 bridgehead atoms. The van der Waals surface area contributed by atoms with Gasteiger partial charge in [0, 0.05) is 30.9 Å². The predicted molar refractivity (Wildman–Crippen MR) is 86.0 cm³/mol. The average molecular weight is 275 g/mol. The van der Waals surface area contributed by atoms with Crippen LogP contribution < -0.4 is 5.32 Å². The fourth-order valence-electron chi connectivity index (χ4n) is 3.11. The number of nitrogens with one attached hydrogen (secondary N) is 1. The largest absolute Gasteiger partial charge is 0.370 e. The molecule has 1 aromatic rings. The first kappa shape index (κ1) is 15.3. The van der Waals surface area contributed by atoms with Crippen LogP contribution in [0.3, 0.4) is 0 Å². The molecule has 0 amide bonds. The van der Waals surface area contributed by atoms with Gasteiger partial charge in [0.25, 0.3) is 0 Å². The number of anilines is 1.